The molecule has 0 atom stereocenters. The number of rotatable bonds is 8. The van der Waals surface area contributed by atoms with Crippen LogP contribution in [0.2, 0.25) is 0 Å². The quantitative estimate of drug-likeness (QED) is 0.688. The van der Waals surface area contributed by atoms with E-state index in [4.69, 9.17) is 4.74 Å². The maximum Gasteiger partial charge on any atom is 0.220 e. The number of benzene rings is 1. The topological polar surface area (TPSA) is 50.4 Å². The second kappa shape index (κ2) is 8.47. The van der Waals surface area contributed by atoms with E-state index < -0.39 is 0 Å². The Labute approximate surface area is 107 Å². The number of ether oxygens (including phenoxy) is 1. The molecular formula is C13H19FN2O2. The van der Waals surface area contributed by atoms with Gasteiger partial charge in [0.1, 0.15) is 0 Å². The van der Waals surface area contributed by atoms with E-state index in [1.165, 1.54) is 6.07 Å². The molecule has 18 heavy (non-hydrogen) atoms. The molecule has 0 saturated heterocycles. The van der Waals surface area contributed by atoms with Crippen LogP contribution in [-0.4, -0.2) is 32.7 Å². The van der Waals surface area contributed by atoms with Gasteiger partial charge in [-0.2, -0.15) is 0 Å². The summed E-state index contributed by atoms with van der Waals surface area (Å²) >= 11 is 0. The van der Waals surface area contributed by atoms with Crippen LogP contribution in [0.3, 0.4) is 0 Å². The van der Waals surface area contributed by atoms with Gasteiger partial charge in [-0.15, -0.1) is 0 Å². The first-order valence-electron chi connectivity index (χ1n) is 6.02. The number of halogens is 1. The van der Waals surface area contributed by atoms with Gasteiger partial charge in [0.15, 0.2) is 11.6 Å². The molecule has 2 N–H and O–H groups in total. The Morgan fingerprint density at radius 2 is 2.11 bits per heavy atom. The van der Waals surface area contributed by atoms with Crippen LogP contribution in [0, 0.1) is 5.82 Å². The van der Waals surface area contributed by atoms with Gasteiger partial charge in [-0.3, -0.25) is 4.79 Å². The van der Waals surface area contributed by atoms with Gasteiger partial charge in [0, 0.05) is 19.5 Å². The third kappa shape index (κ3) is 5.63. The van der Waals surface area contributed by atoms with Gasteiger partial charge in [0.2, 0.25) is 5.91 Å². The van der Waals surface area contributed by atoms with E-state index in [1.807, 2.05) is 7.05 Å². The highest BCUT2D eigenvalue weighted by molar-refractivity contribution is 5.75. The van der Waals surface area contributed by atoms with Gasteiger partial charge in [-0.1, -0.05) is 12.1 Å². The number of nitrogens with one attached hydrogen (secondary N) is 2. The van der Waals surface area contributed by atoms with E-state index in [0.29, 0.717) is 26.0 Å². The van der Waals surface area contributed by atoms with E-state index in [-0.39, 0.29) is 17.5 Å². The fourth-order valence-corrected chi connectivity index (χ4v) is 1.39. The monoisotopic (exact) mass is 254 g/mol. The van der Waals surface area contributed by atoms with Crippen LogP contribution in [0.5, 0.6) is 5.75 Å². The SMILES string of the molecule is CNCCNC(=O)CCCOc1ccccc1F. The first-order valence-corrected chi connectivity index (χ1v) is 6.02. The minimum Gasteiger partial charge on any atom is -0.491 e. The van der Waals surface area contributed by atoms with Crippen LogP contribution in [0.15, 0.2) is 24.3 Å². The Balaban J connectivity index is 2.12. The molecule has 0 radical (unpaired) electrons. The highest BCUT2D eigenvalue weighted by atomic mass is 19.1. The molecule has 0 aliphatic rings. The molecule has 0 heterocycles. The van der Waals surface area contributed by atoms with E-state index in [2.05, 4.69) is 10.6 Å². The summed E-state index contributed by atoms with van der Waals surface area (Å²) in [4.78, 5) is 11.3. The minimum absolute atomic E-state index is 0.0117. The van der Waals surface area contributed by atoms with Crippen molar-refractivity contribution >= 4 is 5.91 Å². The number of carbonyl (C=O) groups is 1. The maximum atomic E-state index is 13.2. The van der Waals surface area contributed by atoms with Crippen LogP contribution in [-0.2, 0) is 4.79 Å². The molecule has 1 rings (SSSR count). The lowest BCUT2D eigenvalue weighted by molar-refractivity contribution is -0.121. The smallest absolute Gasteiger partial charge is 0.220 e. The lowest BCUT2D eigenvalue weighted by atomic mass is 10.3. The first kappa shape index (κ1) is 14.4. The molecule has 1 aromatic carbocycles. The summed E-state index contributed by atoms with van der Waals surface area (Å²) < 4.78 is 18.4. The third-order valence-electron chi connectivity index (χ3n) is 2.34. The fraction of sp³-hybridized carbons (Fsp3) is 0.462. The molecule has 0 unspecified atom stereocenters. The van der Waals surface area contributed by atoms with E-state index in [1.54, 1.807) is 18.2 Å². The third-order valence-corrected chi connectivity index (χ3v) is 2.34. The van der Waals surface area contributed by atoms with Crippen molar-refractivity contribution in [2.75, 3.05) is 26.7 Å². The van der Waals surface area contributed by atoms with Gasteiger partial charge in [-0.25, -0.2) is 4.39 Å². The van der Waals surface area contributed by atoms with E-state index in [0.717, 1.165) is 6.54 Å². The van der Waals surface area contributed by atoms with Crippen molar-refractivity contribution in [3.8, 4) is 5.75 Å². The predicted octanol–water partition coefficient (Wildman–Crippen LogP) is 1.32. The summed E-state index contributed by atoms with van der Waals surface area (Å²) in [6, 6.07) is 6.24. The number of carbonyl (C=O) groups excluding carboxylic acids is 1. The summed E-state index contributed by atoms with van der Waals surface area (Å²) in [5.74, 6) is -0.161. The van der Waals surface area contributed by atoms with E-state index >= 15 is 0 Å². The highest BCUT2D eigenvalue weighted by Gasteiger charge is 2.03. The van der Waals surface area contributed by atoms with Crippen LogP contribution in [0.25, 0.3) is 0 Å². The van der Waals surface area contributed by atoms with Crippen molar-refractivity contribution < 1.29 is 13.9 Å². The first-order chi connectivity index (χ1) is 8.74. The predicted molar refractivity (Wildman–Crippen MR) is 68.1 cm³/mol. The molecule has 5 heteroatoms. The second-order valence-electron chi connectivity index (χ2n) is 3.84. The van der Waals surface area contributed by atoms with Crippen LogP contribution in [0.4, 0.5) is 4.39 Å². The number of likely N-dealkylation sites (N-methyl/N-ethyl adjacent to an activating group) is 1. The van der Waals surface area contributed by atoms with Crippen molar-refractivity contribution in [3.63, 3.8) is 0 Å². The second-order valence-corrected chi connectivity index (χ2v) is 3.84. The van der Waals surface area contributed by atoms with Crippen LogP contribution >= 0.6 is 0 Å². The summed E-state index contributed by atoms with van der Waals surface area (Å²) in [5.41, 5.74) is 0. The molecule has 0 aliphatic carbocycles. The Hall–Kier alpha value is -1.62. The minimum atomic E-state index is -0.379. The lowest BCUT2D eigenvalue weighted by Gasteiger charge is -2.07. The van der Waals surface area contributed by atoms with E-state index in [9.17, 15) is 9.18 Å². The molecule has 1 amide bonds. The van der Waals surface area contributed by atoms with Crippen LogP contribution in [0.1, 0.15) is 12.8 Å². The van der Waals surface area contributed by atoms with Gasteiger partial charge in [-0.05, 0) is 25.6 Å². The Morgan fingerprint density at radius 1 is 1.33 bits per heavy atom. The molecule has 0 aliphatic heterocycles. The normalized spacial score (nSPS) is 10.1. The van der Waals surface area contributed by atoms with Gasteiger partial charge in [0.25, 0.3) is 0 Å². The molecule has 0 spiro atoms. The Kier molecular flexibility index (Phi) is 6.79. The standard InChI is InChI=1S/C13H19FN2O2/c1-15-8-9-16-13(17)7-4-10-18-12-6-3-2-5-11(12)14/h2-3,5-6,15H,4,7-10H2,1H3,(H,16,17). The summed E-state index contributed by atoms with van der Waals surface area (Å²) in [5, 5.41) is 5.70. The highest BCUT2D eigenvalue weighted by Crippen LogP contribution is 2.15. The number of hydrogen-bond donors (Lipinski definition) is 2. The molecule has 100 valence electrons. The Morgan fingerprint density at radius 3 is 2.83 bits per heavy atom. The van der Waals surface area contributed by atoms with Gasteiger partial charge < -0.3 is 15.4 Å². The Bertz CT molecular complexity index is 372. The van der Waals surface area contributed by atoms with Crippen molar-refractivity contribution in [3.05, 3.63) is 30.1 Å². The van der Waals surface area contributed by atoms with Gasteiger partial charge >= 0.3 is 0 Å². The molecule has 0 fully saturated rings. The largest absolute Gasteiger partial charge is 0.491 e. The lowest BCUT2D eigenvalue weighted by Crippen LogP contribution is -2.30. The summed E-state index contributed by atoms with van der Waals surface area (Å²) in [6.45, 7) is 1.70. The number of para-hydroxylation sites is 1. The molecule has 0 aromatic heterocycles. The number of amides is 1. The molecule has 4 nitrogen and oxygen atoms in total. The van der Waals surface area contributed by atoms with Crippen molar-refractivity contribution in [1.82, 2.24) is 10.6 Å². The van der Waals surface area contributed by atoms with Crippen molar-refractivity contribution in [2.24, 2.45) is 0 Å². The van der Waals surface area contributed by atoms with Crippen molar-refractivity contribution in [1.29, 1.82) is 0 Å². The van der Waals surface area contributed by atoms with Crippen LogP contribution < -0.4 is 15.4 Å². The number of hydrogen-bond acceptors (Lipinski definition) is 3. The maximum absolute atomic E-state index is 13.2. The zero-order valence-corrected chi connectivity index (χ0v) is 10.5. The average molecular weight is 254 g/mol. The zero-order chi connectivity index (χ0) is 13.2. The fourth-order valence-electron chi connectivity index (χ4n) is 1.39. The van der Waals surface area contributed by atoms with Gasteiger partial charge in [0.05, 0.1) is 6.61 Å². The molecule has 0 bridgehead atoms. The zero-order valence-electron chi connectivity index (χ0n) is 10.5. The molecular weight excluding hydrogens is 235 g/mol. The summed E-state index contributed by atoms with van der Waals surface area (Å²) in [6.07, 6.45) is 0.956. The summed E-state index contributed by atoms with van der Waals surface area (Å²) in [7, 11) is 1.83. The molecule has 0 saturated carbocycles. The van der Waals surface area contributed by atoms with Crippen molar-refractivity contribution in [2.45, 2.75) is 12.8 Å². The average Bonchev–Trinajstić information content (AvgIpc) is 2.37. The molecule has 1 aromatic rings.